The van der Waals surface area contributed by atoms with Gasteiger partial charge in [-0.3, -0.25) is 9.59 Å². The molecular formula is C23H21Cl2N3O2. The van der Waals surface area contributed by atoms with E-state index in [4.69, 9.17) is 23.2 Å². The zero-order valence-electron chi connectivity index (χ0n) is 16.7. The summed E-state index contributed by atoms with van der Waals surface area (Å²) in [6.07, 6.45) is 3.69. The minimum atomic E-state index is -0.565. The van der Waals surface area contributed by atoms with E-state index in [-0.39, 0.29) is 11.7 Å². The van der Waals surface area contributed by atoms with Gasteiger partial charge in [-0.15, -0.1) is 0 Å². The number of benzene rings is 1. The number of nitrogens with zero attached hydrogens (tertiary/aromatic N) is 1. The molecule has 0 unspecified atom stereocenters. The van der Waals surface area contributed by atoms with Crippen LogP contribution in [0.5, 0.6) is 0 Å². The lowest BCUT2D eigenvalue weighted by molar-refractivity contribution is -0.116. The van der Waals surface area contributed by atoms with Gasteiger partial charge in [0, 0.05) is 51.1 Å². The number of pyridine rings is 1. The number of ketones is 1. The smallest absolute Gasteiger partial charge is 0.255 e. The third kappa shape index (κ3) is 3.87. The van der Waals surface area contributed by atoms with Crippen LogP contribution in [0.15, 0.2) is 59.1 Å². The van der Waals surface area contributed by atoms with E-state index in [1.807, 2.05) is 19.9 Å². The first-order valence-corrected chi connectivity index (χ1v) is 10.5. The monoisotopic (exact) mass is 441 g/mol. The first-order chi connectivity index (χ1) is 14.3. The Hall–Kier alpha value is -2.63. The summed E-state index contributed by atoms with van der Waals surface area (Å²) in [5.74, 6) is -0.408. The molecule has 30 heavy (non-hydrogen) atoms. The van der Waals surface area contributed by atoms with E-state index < -0.39 is 5.92 Å². The third-order valence-electron chi connectivity index (χ3n) is 5.45. The molecule has 0 fully saturated rings. The highest BCUT2D eigenvalue weighted by Gasteiger charge is 2.39. The van der Waals surface area contributed by atoms with Crippen LogP contribution in [0.2, 0.25) is 10.0 Å². The number of halogens is 2. The average molecular weight is 442 g/mol. The van der Waals surface area contributed by atoms with E-state index in [9.17, 15) is 9.59 Å². The molecule has 0 saturated heterocycles. The first kappa shape index (κ1) is 20.6. The van der Waals surface area contributed by atoms with Gasteiger partial charge in [0.25, 0.3) is 5.91 Å². The molecule has 1 aromatic carbocycles. The average Bonchev–Trinajstić information content (AvgIpc) is 2.69. The predicted octanol–water partition coefficient (Wildman–Crippen LogP) is 5.30. The summed E-state index contributed by atoms with van der Waals surface area (Å²) in [6.45, 7) is 3.77. The van der Waals surface area contributed by atoms with Gasteiger partial charge < -0.3 is 10.6 Å². The fraction of sp³-hybridized carbons (Fsp3) is 0.261. The molecule has 1 aromatic heterocycles. The normalized spacial score (nSPS) is 18.8. The van der Waals surface area contributed by atoms with Crippen molar-refractivity contribution in [2.45, 2.75) is 39.0 Å². The first-order valence-electron chi connectivity index (χ1n) is 9.78. The fourth-order valence-corrected chi connectivity index (χ4v) is 4.57. The summed E-state index contributed by atoms with van der Waals surface area (Å²) in [5, 5.41) is 7.07. The molecule has 1 aliphatic heterocycles. The van der Waals surface area contributed by atoms with Gasteiger partial charge in [0.05, 0.1) is 0 Å². The van der Waals surface area contributed by atoms with Gasteiger partial charge in [-0.1, -0.05) is 35.3 Å². The van der Waals surface area contributed by atoms with E-state index in [1.54, 1.807) is 30.5 Å². The number of anilines is 1. The number of nitrogens with one attached hydrogen (secondary N) is 2. The highest BCUT2D eigenvalue weighted by atomic mass is 35.5. The maximum Gasteiger partial charge on any atom is 0.255 e. The number of rotatable bonds is 3. The van der Waals surface area contributed by atoms with Crippen molar-refractivity contribution in [2.24, 2.45) is 0 Å². The van der Waals surface area contributed by atoms with Crippen LogP contribution in [-0.2, 0) is 9.59 Å². The number of aromatic nitrogens is 1. The Balaban J connectivity index is 1.81. The minimum absolute atomic E-state index is 0.0334. The number of carbonyl (C=O) groups is 2. The van der Waals surface area contributed by atoms with Crippen molar-refractivity contribution < 1.29 is 9.59 Å². The lowest BCUT2D eigenvalue weighted by atomic mass is 9.75. The molecule has 0 spiro atoms. The second kappa shape index (κ2) is 8.25. The van der Waals surface area contributed by atoms with E-state index >= 15 is 0 Å². The molecule has 154 valence electrons. The van der Waals surface area contributed by atoms with Crippen molar-refractivity contribution in [2.75, 3.05) is 5.32 Å². The van der Waals surface area contributed by atoms with Crippen LogP contribution in [0.4, 0.5) is 5.82 Å². The Morgan fingerprint density at radius 2 is 1.97 bits per heavy atom. The van der Waals surface area contributed by atoms with Crippen LogP contribution in [-0.4, -0.2) is 16.7 Å². The number of dihydropyridines is 1. The molecule has 1 amide bonds. The Labute approximate surface area is 185 Å². The van der Waals surface area contributed by atoms with Crippen LogP contribution in [0.1, 0.15) is 43.2 Å². The van der Waals surface area contributed by atoms with E-state index in [0.29, 0.717) is 44.7 Å². The molecule has 2 aromatic rings. The Morgan fingerprint density at radius 1 is 1.17 bits per heavy atom. The molecule has 7 heteroatoms. The molecule has 2 aliphatic rings. The molecule has 5 nitrogen and oxygen atoms in total. The topological polar surface area (TPSA) is 71.1 Å². The van der Waals surface area contributed by atoms with Crippen molar-refractivity contribution in [3.63, 3.8) is 0 Å². The van der Waals surface area contributed by atoms with Crippen molar-refractivity contribution >= 4 is 40.7 Å². The lowest BCUT2D eigenvalue weighted by Crippen LogP contribution is -2.35. The molecule has 4 rings (SSSR count). The van der Waals surface area contributed by atoms with Crippen molar-refractivity contribution in [1.82, 2.24) is 10.3 Å². The van der Waals surface area contributed by atoms with Gasteiger partial charge in [-0.25, -0.2) is 4.98 Å². The van der Waals surface area contributed by atoms with Gasteiger partial charge >= 0.3 is 0 Å². The minimum Gasteiger partial charge on any atom is -0.362 e. The van der Waals surface area contributed by atoms with Crippen LogP contribution in [0.25, 0.3) is 0 Å². The largest absolute Gasteiger partial charge is 0.362 e. The maximum absolute atomic E-state index is 13.4. The van der Waals surface area contributed by atoms with Gasteiger partial charge in [0.15, 0.2) is 5.78 Å². The Bertz CT molecular complexity index is 1100. The van der Waals surface area contributed by atoms with Crippen LogP contribution >= 0.6 is 23.2 Å². The van der Waals surface area contributed by atoms with Gasteiger partial charge in [0.2, 0.25) is 0 Å². The predicted molar refractivity (Wildman–Crippen MR) is 119 cm³/mol. The number of hydrogen-bond donors (Lipinski definition) is 2. The molecular weight excluding hydrogens is 421 g/mol. The van der Waals surface area contributed by atoms with Gasteiger partial charge in [-0.2, -0.15) is 0 Å². The number of Topliss-reactive ketones (excluding diaryl/α,β-unsaturated/α-hetero) is 1. The quantitative estimate of drug-likeness (QED) is 0.677. The molecule has 0 radical (unpaired) electrons. The molecule has 0 bridgehead atoms. The van der Waals surface area contributed by atoms with Crippen LogP contribution in [0, 0.1) is 6.92 Å². The number of aryl methyl sites for hydroxylation is 1. The van der Waals surface area contributed by atoms with E-state index in [1.165, 1.54) is 0 Å². The number of amides is 1. The third-order valence-corrected chi connectivity index (χ3v) is 6.01. The Kier molecular flexibility index (Phi) is 5.67. The second-order valence-corrected chi connectivity index (χ2v) is 8.45. The number of hydrogen-bond acceptors (Lipinski definition) is 4. The van der Waals surface area contributed by atoms with Crippen LogP contribution < -0.4 is 10.6 Å². The standard InChI is InChI=1S/C23H21Cl2N3O2/c1-12-6-9-19(26-11-12)28-23(30)20-13(2)27-17-4-3-5-18(29)22(17)21(20)15-8-7-14(24)10-16(15)25/h6-11,21,27H,3-5H2,1-2H3,(H,26,28,30)/t21-/m1/s1. The van der Waals surface area contributed by atoms with E-state index in [2.05, 4.69) is 15.6 Å². The van der Waals surface area contributed by atoms with E-state index in [0.717, 1.165) is 24.1 Å². The summed E-state index contributed by atoms with van der Waals surface area (Å²) in [5.41, 5.74) is 4.31. The van der Waals surface area contributed by atoms with Crippen molar-refractivity contribution in [3.8, 4) is 0 Å². The second-order valence-electron chi connectivity index (χ2n) is 7.61. The molecule has 0 saturated carbocycles. The van der Waals surface area contributed by atoms with Gasteiger partial charge in [-0.05, 0) is 56.0 Å². The molecule has 2 heterocycles. The number of carbonyl (C=O) groups excluding carboxylic acids is 2. The summed E-state index contributed by atoms with van der Waals surface area (Å²) < 4.78 is 0. The maximum atomic E-state index is 13.4. The zero-order valence-corrected chi connectivity index (χ0v) is 18.2. The number of allylic oxidation sites excluding steroid dienone is 3. The van der Waals surface area contributed by atoms with Crippen molar-refractivity contribution in [1.29, 1.82) is 0 Å². The summed E-state index contributed by atoms with van der Waals surface area (Å²) in [4.78, 5) is 30.5. The summed E-state index contributed by atoms with van der Waals surface area (Å²) >= 11 is 12.6. The summed E-state index contributed by atoms with van der Waals surface area (Å²) in [7, 11) is 0. The molecule has 1 atom stereocenters. The zero-order chi connectivity index (χ0) is 21.4. The van der Waals surface area contributed by atoms with Crippen molar-refractivity contribution in [3.05, 3.63) is 80.2 Å². The Morgan fingerprint density at radius 3 is 2.67 bits per heavy atom. The fourth-order valence-electron chi connectivity index (χ4n) is 4.06. The summed E-state index contributed by atoms with van der Waals surface area (Å²) in [6, 6.07) is 8.78. The highest BCUT2D eigenvalue weighted by molar-refractivity contribution is 6.35. The molecule has 1 aliphatic carbocycles. The SMILES string of the molecule is CC1=C(C(=O)Nc2ccc(C)cn2)[C@@H](c2ccc(Cl)cc2Cl)C2=C(CCCC2=O)N1. The van der Waals surface area contributed by atoms with Gasteiger partial charge in [0.1, 0.15) is 5.82 Å². The van der Waals surface area contributed by atoms with Crippen LogP contribution in [0.3, 0.4) is 0 Å². The highest BCUT2D eigenvalue weighted by Crippen LogP contribution is 2.44. The lowest BCUT2D eigenvalue weighted by Gasteiger charge is -2.34. The molecule has 2 N–H and O–H groups in total.